The van der Waals surface area contributed by atoms with Gasteiger partial charge >= 0.3 is 0 Å². The second-order valence-corrected chi connectivity index (χ2v) is 8.40. The third kappa shape index (κ3) is 5.04. The van der Waals surface area contributed by atoms with Gasteiger partial charge in [-0.15, -0.1) is 0 Å². The number of carbonyl (C=O) groups is 1. The van der Waals surface area contributed by atoms with E-state index in [2.05, 4.69) is 5.32 Å². The largest absolute Gasteiger partial charge is 0.348 e. The van der Waals surface area contributed by atoms with Crippen LogP contribution < -0.4 is 5.32 Å². The van der Waals surface area contributed by atoms with Crippen LogP contribution in [0.1, 0.15) is 24.1 Å². The van der Waals surface area contributed by atoms with Crippen LogP contribution in [0.15, 0.2) is 53.4 Å². The molecule has 0 aliphatic rings. The van der Waals surface area contributed by atoms with Crippen molar-refractivity contribution in [3.05, 3.63) is 64.7 Å². The van der Waals surface area contributed by atoms with Crippen LogP contribution in [-0.4, -0.2) is 32.2 Å². The van der Waals surface area contributed by atoms with Crippen LogP contribution in [0, 0.1) is 6.92 Å². The number of amides is 1. The summed E-state index contributed by atoms with van der Waals surface area (Å²) in [6, 6.07) is 13.4. The molecule has 1 amide bonds. The number of likely N-dealkylation sites (N-methyl/N-ethyl adjacent to an activating group) is 1. The molecule has 0 radical (unpaired) electrons. The average molecular weight is 381 g/mol. The Labute approximate surface area is 153 Å². The molecule has 2 aromatic rings. The van der Waals surface area contributed by atoms with E-state index >= 15 is 0 Å². The number of rotatable bonds is 6. The quantitative estimate of drug-likeness (QED) is 0.837. The first kappa shape index (κ1) is 19.4. The zero-order chi connectivity index (χ0) is 18.6. The van der Waals surface area contributed by atoms with Crippen LogP contribution in [0.5, 0.6) is 0 Å². The third-order valence-corrected chi connectivity index (χ3v) is 5.91. The van der Waals surface area contributed by atoms with Crippen molar-refractivity contribution >= 4 is 27.5 Å². The van der Waals surface area contributed by atoms with E-state index < -0.39 is 10.0 Å². The summed E-state index contributed by atoms with van der Waals surface area (Å²) in [7, 11) is -2.37. The van der Waals surface area contributed by atoms with E-state index in [4.69, 9.17) is 11.6 Å². The van der Waals surface area contributed by atoms with Crippen LogP contribution in [0.25, 0.3) is 0 Å². The van der Waals surface area contributed by atoms with Crippen molar-refractivity contribution in [3.8, 4) is 0 Å². The summed E-state index contributed by atoms with van der Waals surface area (Å²) in [4.78, 5) is 12.3. The van der Waals surface area contributed by atoms with Gasteiger partial charge in [-0.25, -0.2) is 8.42 Å². The molecule has 134 valence electrons. The molecule has 5 nitrogen and oxygen atoms in total. The molecular weight excluding hydrogens is 360 g/mol. The molecule has 0 fully saturated rings. The third-order valence-electron chi connectivity index (χ3n) is 3.84. The van der Waals surface area contributed by atoms with Gasteiger partial charge in [0.25, 0.3) is 0 Å². The van der Waals surface area contributed by atoms with Gasteiger partial charge in [0, 0.05) is 12.1 Å². The summed E-state index contributed by atoms with van der Waals surface area (Å²) in [5, 5.41) is 3.26. The fourth-order valence-electron chi connectivity index (χ4n) is 2.30. The Bertz CT molecular complexity index is 834. The smallest absolute Gasteiger partial charge is 0.243 e. The number of sulfonamides is 1. The summed E-state index contributed by atoms with van der Waals surface area (Å²) in [5.74, 6) is -0.367. The number of benzene rings is 2. The van der Waals surface area contributed by atoms with Crippen LogP contribution in [0.3, 0.4) is 0 Å². The molecule has 0 heterocycles. The highest BCUT2D eigenvalue weighted by molar-refractivity contribution is 7.89. The van der Waals surface area contributed by atoms with Gasteiger partial charge in [-0.1, -0.05) is 41.4 Å². The molecule has 1 atom stereocenters. The standard InChI is InChI=1S/C18H21ClN2O3S/c1-13-4-6-15(7-5-13)14(2)20-18(22)12-21(3)25(23,24)17-10-8-16(19)9-11-17/h4-11,14H,12H2,1-3H3,(H,20,22)/t14-/m0/s1. The minimum absolute atomic E-state index is 0.0961. The summed E-state index contributed by atoms with van der Waals surface area (Å²) in [6.07, 6.45) is 0. The Morgan fingerprint density at radius 2 is 1.68 bits per heavy atom. The van der Waals surface area contributed by atoms with Gasteiger partial charge in [0.05, 0.1) is 17.5 Å². The minimum atomic E-state index is -3.74. The van der Waals surface area contributed by atoms with Crippen molar-refractivity contribution in [3.63, 3.8) is 0 Å². The lowest BCUT2D eigenvalue weighted by molar-refractivity contribution is -0.121. The molecule has 0 aromatic heterocycles. The Morgan fingerprint density at radius 1 is 1.12 bits per heavy atom. The van der Waals surface area contributed by atoms with Crippen LogP contribution in [-0.2, 0) is 14.8 Å². The highest BCUT2D eigenvalue weighted by atomic mass is 35.5. The van der Waals surface area contributed by atoms with Crippen LogP contribution in [0.4, 0.5) is 0 Å². The second-order valence-electron chi connectivity index (χ2n) is 5.91. The fourth-order valence-corrected chi connectivity index (χ4v) is 3.55. The SMILES string of the molecule is Cc1ccc([C@H](C)NC(=O)CN(C)S(=O)(=O)c2ccc(Cl)cc2)cc1. The highest BCUT2D eigenvalue weighted by Crippen LogP contribution is 2.18. The lowest BCUT2D eigenvalue weighted by atomic mass is 10.1. The molecule has 25 heavy (non-hydrogen) atoms. The first-order chi connectivity index (χ1) is 11.7. The minimum Gasteiger partial charge on any atom is -0.348 e. The number of hydrogen-bond acceptors (Lipinski definition) is 3. The number of nitrogens with one attached hydrogen (secondary N) is 1. The Balaban J connectivity index is 2.01. The predicted octanol–water partition coefficient (Wildman–Crippen LogP) is 3.15. The summed E-state index contributed by atoms with van der Waals surface area (Å²) >= 11 is 5.78. The van der Waals surface area contributed by atoms with Crippen molar-refractivity contribution in [2.75, 3.05) is 13.6 Å². The van der Waals surface area contributed by atoms with Crippen molar-refractivity contribution in [1.82, 2.24) is 9.62 Å². The monoisotopic (exact) mass is 380 g/mol. The number of aryl methyl sites for hydroxylation is 1. The lowest BCUT2D eigenvalue weighted by Gasteiger charge is -2.19. The van der Waals surface area contributed by atoms with E-state index in [1.165, 1.54) is 31.3 Å². The van der Waals surface area contributed by atoms with E-state index in [1.807, 2.05) is 38.1 Å². The zero-order valence-corrected chi connectivity index (χ0v) is 15.9. The van der Waals surface area contributed by atoms with Gasteiger partial charge in [-0.05, 0) is 43.7 Å². The Kier molecular flexibility index (Phi) is 6.21. The molecule has 0 aliphatic carbocycles. The zero-order valence-electron chi connectivity index (χ0n) is 14.4. The summed E-state index contributed by atoms with van der Waals surface area (Å²) in [6.45, 7) is 3.58. The van der Waals surface area contributed by atoms with E-state index in [1.54, 1.807) is 0 Å². The molecule has 0 unspecified atom stereocenters. The number of nitrogens with zero attached hydrogens (tertiary/aromatic N) is 1. The maximum absolute atomic E-state index is 12.5. The van der Waals surface area contributed by atoms with Gasteiger partial charge in [0.15, 0.2) is 0 Å². The lowest BCUT2D eigenvalue weighted by Crippen LogP contribution is -2.39. The highest BCUT2D eigenvalue weighted by Gasteiger charge is 2.23. The van der Waals surface area contributed by atoms with Gasteiger partial charge in [0.2, 0.25) is 15.9 Å². The summed E-state index contributed by atoms with van der Waals surface area (Å²) < 4.78 is 26.0. The molecule has 2 rings (SSSR count). The first-order valence-corrected chi connectivity index (χ1v) is 9.60. The number of carbonyl (C=O) groups excluding carboxylic acids is 1. The first-order valence-electron chi connectivity index (χ1n) is 7.78. The van der Waals surface area contributed by atoms with Crippen molar-refractivity contribution in [1.29, 1.82) is 0 Å². The molecule has 0 saturated carbocycles. The van der Waals surface area contributed by atoms with Gasteiger partial charge < -0.3 is 5.32 Å². The Hall–Kier alpha value is -1.89. The molecule has 0 aliphatic heterocycles. The predicted molar refractivity (Wildman–Crippen MR) is 99.0 cm³/mol. The van der Waals surface area contributed by atoms with E-state index in [-0.39, 0.29) is 23.4 Å². The number of halogens is 1. The van der Waals surface area contributed by atoms with Gasteiger partial charge in [-0.3, -0.25) is 4.79 Å². The topological polar surface area (TPSA) is 66.5 Å². The Morgan fingerprint density at radius 3 is 2.24 bits per heavy atom. The maximum atomic E-state index is 12.5. The van der Waals surface area contributed by atoms with E-state index in [0.29, 0.717) is 5.02 Å². The molecule has 0 spiro atoms. The molecule has 2 aromatic carbocycles. The maximum Gasteiger partial charge on any atom is 0.243 e. The molecule has 0 saturated heterocycles. The van der Waals surface area contributed by atoms with Crippen LogP contribution >= 0.6 is 11.6 Å². The van der Waals surface area contributed by atoms with Gasteiger partial charge in [-0.2, -0.15) is 4.31 Å². The van der Waals surface area contributed by atoms with Crippen molar-refractivity contribution in [2.45, 2.75) is 24.8 Å². The normalized spacial score (nSPS) is 12.8. The molecule has 0 bridgehead atoms. The molecule has 7 heteroatoms. The van der Waals surface area contributed by atoms with Crippen LogP contribution in [0.2, 0.25) is 5.02 Å². The number of hydrogen-bond donors (Lipinski definition) is 1. The van der Waals surface area contributed by atoms with E-state index in [0.717, 1.165) is 15.4 Å². The average Bonchev–Trinajstić information content (AvgIpc) is 2.55. The van der Waals surface area contributed by atoms with Crippen molar-refractivity contribution in [2.24, 2.45) is 0 Å². The second kappa shape index (κ2) is 7.99. The molecular formula is C18H21ClN2O3S. The molecule has 1 N–H and O–H groups in total. The summed E-state index contributed by atoms with van der Waals surface area (Å²) in [5.41, 5.74) is 2.10. The van der Waals surface area contributed by atoms with Crippen molar-refractivity contribution < 1.29 is 13.2 Å². The fraction of sp³-hybridized carbons (Fsp3) is 0.278. The van der Waals surface area contributed by atoms with E-state index in [9.17, 15) is 13.2 Å². The van der Waals surface area contributed by atoms with Gasteiger partial charge in [0.1, 0.15) is 0 Å².